The topological polar surface area (TPSA) is 12.9 Å². The van der Waals surface area contributed by atoms with Crippen molar-refractivity contribution in [2.45, 2.75) is 5.88 Å². The quantitative estimate of drug-likeness (QED) is 0.529. The zero-order valence-corrected chi connectivity index (χ0v) is 8.27. The highest BCUT2D eigenvalue weighted by atomic mass is 35.5. The number of aromatic nitrogens is 1. The van der Waals surface area contributed by atoms with E-state index in [2.05, 4.69) is 4.98 Å². The first-order valence-corrected chi connectivity index (χ1v) is 4.38. The normalized spacial score (nSPS) is 10.2. The lowest BCUT2D eigenvalue weighted by atomic mass is 10.3. The molecule has 0 N–H and O–H groups in total. The largest absolute Gasteiger partial charge is 0.243 e. The Morgan fingerprint density at radius 2 is 1.91 bits per heavy atom. The van der Waals surface area contributed by atoms with Gasteiger partial charge < -0.3 is 0 Å². The third-order valence-corrected chi connectivity index (χ3v) is 2.56. The summed E-state index contributed by atoms with van der Waals surface area (Å²) in [4.78, 5) is 3.77. The van der Waals surface area contributed by atoms with Gasteiger partial charge in [0.05, 0.1) is 15.9 Å². The minimum atomic E-state index is 0.214. The fraction of sp³-hybridized carbons (Fsp3) is 0.167. The van der Waals surface area contributed by atoms with Crippen LogP contribution in [0.15, 0.2) is 6.20 Å². The van der Waals surface area contributed by atoms with Gasteiger partial charge in [0.15, 0.2) is 0 Å². The minimum Gasteiger partial charge on any atom is -0.243 e. The van der Waals surface area contributed by atoms with E-state index < -0.39 is 0 Å². The van der Waals surface area contributed by atoms with Crippen LogP contribution < -0.4 is 0 Å². The van der Waals surface area contributed by atoms with E-state index in [0.717, 1.165) is 0 Å². The maximum atomic E-state index is 5.76. The molecule has 0 fully saturated rings. The third kappa shape index (κ3) is 1.91. The zero-order valence-electron chi connectivity index (χ0n) is 5.24. The van der Waals surface area contributed by atoms with Gasteiger partial charge in [0.1, 0.15) is 5.15 Å². The monoisotopic (exact) mass is 229 g/mol. The van der Waals surface area contributed by atoms with Crippen LogP contribution in [0.5, 0.6) is 0 Å². The van der Waals surface area contributed by atoms with E-state index in [1.165, 1.54) is 6.20 Å². The Kier molecular flexibility index (Phi) is 3.26. The molecule has 1 nitrogen and oxygen atoms in total. The molecule has 0 aromatic carbocycles. The fourth-order valence-corrected chi connectivity index (χ4v) is 1.62. The van der Waals surface area contributed by atoms with Crippen LogP contribution in [0.3, 0.4) is 0 Å². The number of nitrogens with zero attached hydrogens (tertiary/aromatic N) is 1. The van der Waals surface area contributed by atoms with E-state index in [1.54, 1.807) is 0 Å². The van der Waals surface area contributed by atoms with E-state index >= 15 is 0 Å². The van der Waals surface area contributed by atoms with E-state index in [9.17, 15) is 0 Å². The molecule has 1 heterocycles. The Balaban J connectivity index is 3.29. The molecule has 0 atom stereocenters. The number of alkyl halides is 1. The van der Waals surface area contributed by atoms with Crippen LogP contribution in [0, 0.1) is 0 Å². The molecular formula is C6H3Cl4N. The molecule has 0 spiro atoms. The van der Waals surface area contributed by atoms with Crippen LogP contribution in [0.25, 0.3) is 0 Å². The van der Waals surface area contributed by atoms with Crippen molar-refractivity contribution in [3.05, 3.63) is 27.0 Å². The fourth-order valence-electron chi connectivity index (χ4n) is 0.596. The highest BCUT2D eigenvalue weighted by Gasteiger charge is 2.08. The molecular weight excluding hydrogens is 228 g/mol. The summed E-state index contributed by atoms with van der Waals surface area (Å²) in [5, 5.41) is 1.04. The molecule has 0 bridgehead atoms. The number of halogens is 4. The second-order valence-corrected chi connectivity index (χ2v) is 3.23. The van der Waals surface area contributed by atoms with Crippen molar-refractivity contribution in [2.24, 2.45) is 0 Å². The highest BCUT2D eigenvalue weighted by Crippen LogP contribution is 2.30. The molecule has 0 aliphatic heterocycles. The van der Waals surface area contributed by atoms with Gasteiger partial charge in [-0.05, 0) is 0 Å². The molecule has 0 aliphatic carbocycles. The Labute approximate surface area is 84.2 Å². The average molecular weight is 231 g/mol. The van der Waals surface area contributed by atoms with Crippen LogP contribution in [-0.2, 0) is 5.88 Å². The minimum absolute atomic E-state index is 0.214. The maximum Gasteiger partial charge on any atom is 0.135 e. The van der Waals surface area contributed by atoms with Crippen LogP contribution in [0.2, 0.25) is 15.2 Å². The Bertz CT molecular complexity index is 274. The van der Waals surface area contributed by atoms with E-state index in [-0.39, 0.29) is 5.88 Å². The molecule has 60 valence electrons. The number of rotatable bonds is 1. The Morgan fingerprint density at radius 1 is 1.27 bits per heavy atom. The first-order chi connectivity index (χ1) is 5.16. The lowest BCUT2D eigenvalue weighted by Gasteiger charge is -2.02. The third-order valence-electron chi connectivity index (χ3n) is 1.15. The number of pyridine rings is 1. The molecule has 0 unspecified atom stereocenters. The Morgan fingerprint density at radius 3 is 2.36 bits per heavy atom. The molecule has 0 radical (unpaired) electrons. The lowest BCUT2D eigenvalue weighted by molar-refractivity contribution is 1.25. The van der Waals surface area contributed by atoms with E-state index in [4.69, 9.17) is 46.4 Å². The van der Waals surface area contributed by atoms with Gasteiger partial charge in [0.2, 0.25) is 0 Å². The predicted molar refractivity (Wildman–Crippen MR) is 48.8 cm³/mol. The molecule has 0 amide bonds. The second-order valence-electron chi connectivity index (χ2n) is 1.82. The van der Waals surface area contributed by atoms with E-state index in [0.29, 0.717) is 20.8 Å². The van der Waals surface area contributed by atoms with Crippen molar-refractivity contribution in [3.8, 4) is 0 Å². The Hall–Kier alpha value is 0.310. The van der Waals surface area contributed by atoms with Crippen LogP contribution in [0.4, 0.5) is 0 Å². The SMILES string of the molecule is ClCc1c(Cl)ncc(Cl)c1Cl. The van der Waals surface area contributed by atoms with E-state index in [1.807, 2.05) is 0 Å². The molecule has 1 aromatic rings. The standard InChI is InChI=1S/C6H3Cl4N/c7-1-3-5(9)4(8)2-11-6(3)10/h2H,1H2. The molecule has 5 heteroatoms. The molecule has 0 aliphatic rings. The summed E-state index contributed by atoms with van der Waals surface area (Å²) < 4.78 is 0. The molecule has 0 saturated carbocycles. The molecule has 11 heavy (non-hydrogen) atoms. The first kappa shape index (κ1) is 9.40. The van der Waals surface area contributed by atoms with Crippen molar-refractivity contribution in [3.63, 3.8) is 0 Å². The summed E-state index contributed by atoms with van der Waals surface area (Å²) >= 11 is 22.6. The van der Waals surface area contributed by atoms with Gasteiger partial charge in [-0.1, -0.05) is 34.8 Å². The maximum absolute atomic E-state index is 5.76. The van der Waals surface area contributed by atoms with Crippen LogP contribution >= 0.6 is 46.4 Å². The van der Waals surface area contributed by atoms with Crippen LogP contribution in [0.1, 0.15) is 5.56 Å². The molecule has 0 saturated heterocycles. The smallest absolute Gasteiger partial charge is 0.135 e. The van der Waals surface area contributed by atoms with Crippen molar-refractivity contribution < 1.29 is 0 Å². The van der Waals surface area contributed by atoms with Crippen molar-refractivity contribution >= 4 is 46.4 Å². The van der Waals surface area contributed by atoms with Gasteiger partial charge in [-0.15, -0.1) is 11.6 Å². The summed E-state index contributed by atoms with van der Waals surface area (Å²) in [6.45, 7) is 0. The van der Waals surface area contributed by atoms with Gasteiger partial charge in [-0.3, -0.25) is 0 Å². The second kappa shape index (κ2) is 3.81. The lowest BCUT2D eigenvalue weighted by Crippen LogP contribution is -1.86. The van der Waals surface area contributed by atoms with Crippen molar-refractivity contribution in [2.75, 3.05) is 0 Å². The highest BCUT2D eigenvalue weighted by molar-refractivity contribution is 6.44. The summed E-state index contributed by atoms with van der Waals surface area (Å²) in [5.74, 6) is 0.214. The predicted octanol–water partition coefficient (Wildman–Crippen LogP) is 3.78. The first-order valence-electron chi connectivity index (χ1n) is 2.71. The summed E-state index contributed by atoms with van der Waals surface area (Å²) in [6.07, 6.45) is 1.39. The number of hydrogen-bond acceptors (Lipinski definition) is 1. The van der Waals surface area contributed by atoms with Gasteiger partial charge in [0.25, 0.3) is 0 Å². The van der Waals surface area contributed by atoms with Crippen molar-refractivity contribution in [1.82, 2.24) is 4.98 Å². The molecule has 1 rings (SSSR count). The van der Waals surface area contributed by atoms with Gasteiger partial charge >= 0.3 is 0 Å². The average Bonchev–Trinajstić information content (AvgIpc) is 1.99. The summed E-state index contributed by atoms with van der Waals surface area (Å²) in [7, 11) is 0. The van der Waals surface area contributed by atoms with Gasteiger partial charge in [0, 0.05) is 11.8 Å². The molecule has 1 aromatic heterocycles. The van der Waals surface area contributed by atoms with Crippen LogP contribution in [-0.4, -0.2) is 4.98 Å². The zero-order chi connectivity index (χ0) is 8.43. The van der Waals surface area contributed by atoms with Gasteiger partial charge in [-0.25, -0.2) is 4.98 Å². The summed E-state index contributed by atoms with van der Waals surface area (Å²) in [5.41, 5.74) is 0.572. The van der Waals surface area contributed by atoms with Crippen molar-refractivity contribution in [1.29, 1.82) is 0 Å². The summed E-state index contributed by atoms with van der Waals surface area (Å²) in [6, 6.07) is 0. The number of hydrogen-bond donors (Lipinski definition) is 0. The van der Waals surface area contributed by atoms with Gasteiger partial charge in [-0.2, -0.15) is 0 Å².